The van der Waals surface area contributed by atoms with Gasteiger partial charge in [0.2, 0.25) is 5.91 Å². The Kier molecular flexibility index (Phi) is 5.76. The van der Waals surface area contributed by atoms with Gasteiger partial charge in [-0.25, -0.2) is 4.98 Å². The van der Waals surface area contributed by atoms with Crippen LogP contribution in [-0.2, 0) is 11.8 Å². The van der Waals surface area contributed by atoms with Gasteiger partial charge in [0.25, 0.3) is 5.56 Å². The van der Waals surface area contributed by atoms with Crippen molar-refractivity contribution in [2.75, 3.05) is 18.8 Å². The molecule has 0 aliphatic rings. The fraction of sp³-hybridized carbons (Fsp3) is 0.190. The predicted molar refractivity (Wildman–Crippen MR) is 112 cm³/mol. The van der Waals surface area contributed by atoms with Crippen molar-refractivity contribution in [2.24, 2.45) is 7.05 Å². The van der Waals surface area contributed by atoms with Gasteiger partial charge in [-0.2, -0.15) is 0 Å². The third kappa shape index (κ3) is 3.95. The molecular formula is C21H21N3O2S. The SMILES string of the molecule is C=CCN(CC=C)C(=O)CSc1nc2cc3ccccc3cc2c(=O)n1C. The molecule has 0 unspecified atom stereocenters. The van der Waals surface area contributed by atoms with Crippen LogP contribution in [0.1, 0.15) is 0 Å². The van der Waals surface area contributed by atoms with Crippen LogP contribution in [-0.4, -0.2) is 39.2 Å². The highest BCUT2D eigenvalue weighted by molar-refractivity contribution is 7.99. The van der Waals surface area contributed by atoms with E-state index in [4.69, 9.17) is 0 Å². The fourth-order valence-electron chi connectivity index (χ4n) is 2.87. The lowest BCUT2D eigenvalue weighted by Gasteiger charge is -2.19. The Balaban J connectivity index is 1.92. The van der Waals surface area contributed by atoms with Crippen molar-refractivity contribution in [3.05, 3.63) is 72.1 Å². The van der Waals surface area contributed by atoms with Gasteiger partial charge in [-0.3, -0.25) is 14.2 Å². The van der Waals surface area contributed by atoms with Crippen LogP contribution in [0.25, 0.3) is 21.7 Å². The zero-order valence-corrected chi connectivity index (χ0v) is 16.0. The summed E-state index contributed by atoms with van der Waals surface area (Å²) in [7, 11) is 1.68. The summed E-state index contributed by atoms with van der Waals surface area (Å²) >= 11 is 1.26. The second-order valence-corrected chi connectivity index (χ2v) is 7.08. The van der Waals surface area contributed by atoms with Crippen molar-refractivity contribution in [1.82, 2.24) is 14.5 Å². The highest BCUT2D eigenvalue weighted by Gasteiger charge is 2.15. The fourth-order valence-corrected chi connectivity index (χ4v) is 3.75. The molecule has 6 heteroatoms. The van der Waals surface area contributed by atoms with Crippen LogP contribution < -0.4 is 5.56 Å². The number of carbonyl (C=O) groups excluding carboxylic acids is 1. The summed E-state index contributed by atoms with van der Waals surface area (Å²) in [4.78, 5) is 31.5. The topological polar surface area (TPSA) is 55.2 Å². The van der Waals surface area contributed by atoms with E-state index in [1.165, 1.54) is 16.3 Å². The van der Waals surface area contributed by atoms with Crippen LogP contribution in [0.3, 0.4) is 0 Å². The van der Waals surface area contributed by atoms with Gasteiger partial charge in [-0.05, 0) is 22.9 Å². The molecule has 1 heterocycles. The molecule has 0 N–H and O–H groups in total. The van der Waals surface area contributed by atoms with Gasteiger partial charge in [-0.15, -0.1) is 13.2 Å². The number of benzene rings is 2. The van der Waals surface area contributed by atoms with Crippen molar-refractivity contribution in [3.63, 3.8) is 0 Å². The zero-order chi connectivity index (χ0) is 19.4. The summed E-state index contributed by atoms with van der Waals surface area (Å²) in [6, 6.07) is 11.7. The number of rotatable bonds is 7. The lowest BCUT2D eigenvalue weighted by atomic mass is 10.1. The Morgan fingerprint density at radius 3 is 2.44 bits per heavy atom. The third-order valence-corrected chi connectivity index (χ3v) is 5.29. The monoisotopic (exact) mass is 379 g/mol. The van der Waals surface area contributed by atoms with E-state index in [-0.39, 0.29) is 17.2 Å². The molecular weight excluding hydrogens is 358 g/mol. The van der Waals surface area contributed by atoms with Crippen molar-refractivity contribution in [1.29, 1.82) is 0 Å². The van der Waals surface area contributed by atoms with Gasteiger partial charge in [0.1, 0.15) is 0 Å². The Morgan fingerprint density at radius 1 is 1.19 bits per heavy atom. The number of hydrogen-bond acceptors (Lipinski definition) is 4. The van der Waals surface area contributed by atoms with E-state index < -0.39 is 0 Å². The van der Waals surface area contributed by atoms with Gasteiger partial charge >= 0.3 is 0 Å². The molecule has 138 valence electrons. The van der Waals surface area contributed by atoms with Crippen LogP contribution in [0.2, 0.25) is 0 Å². The number of amides is 1. The van der Waals surface area contributed by atoms with E-state index in [1.54, 1.807) is 24.1 Å². The van der Waals surface area contributed by atoms with E-state index in [0.29, 0.717) is 29.1 Å². The van der Waals surface area contributed by atoms with E-state index in [9.17, 15) is 9.59 Å². The maximum atomic E-state index is 12.8. The largest absolute Gasteiger partial charge is 0.335 e. The first-order chi connectivity index (χ1) is 13.0. The lowest BCUT2D eigenvalue weighted by molar-refractivity contribution is -0.127. The summed E-state index contributed by atoms with van der Waals surface area (Å²) in [5.41, 5.74) is 0.524. The molecule has 1 aromatic heterocycles. The molecule has 0 radical (unpaired) electrons. The molecule has 2 aromatic carbocycles. The Bertz CT molecular complexity index is 1080. The maximum absolute atomic E-state index is 12.8. The number of carbonyl (C=O) groups is 1. The van der Waals surface area contributed by atoms with Crippen LogP contribution >= 0.6 is 11.8 Å². The van der Waals surface area contributed by atoms with Crippen molar-refractivity contribution in [3.8, 4) is 0 Å². The first-order valence-corrected chi connectivity index (χ1v) is 9.55. The number of hydrogen-bond donors (Lipinski definition) is 0. The molecule has 0 saturated carbocycles. The number of thioether (sulfide) groups is 1. The second-order valence-electron chi connectivity index (χ2n) is 6.14. The molecule has 0 fully saturated rings. The molecule has 0 saturated heterocycles. The molecule has 0 aliphatic heterocycles. The van der Waals surface area contributed by atoms with Gasteiger partial charge < -0.3 is 4.90 Å². The van der Waals surface area contributed by atoms with Crippen molar-refractivity contribution in [2.45, 2.75) is 5.16 Å². The van der Waals surface area contributed by atoms with E-state index >= 15 is 0 Å². The average molecular weight is 379 g/mol. The zero-order valence-electron chi connectivity index (χ0n) is 15.2. The molecule has 5 nitrogen and oxygen atoms in total. The summed E-state index contributed by atoms with van der Waals surface area (Å²) in [5.74, 6) is 0.147. The predicted octanol–water partition coefficient (Wildman–Crippen LogP) is 3.38. The number of nitrogens with zero attached hydrogens (tertiary/aromatic N) is 3. The summed E-state index contributed by atoms with van der Waals surface area (Å²) in [6.45, 7) is 8.27. The standard InChI is InChI=1S/C21H21N3O2S/c1-4-10-24(11-5-2)19(25)14-27-21-22-18-13-16-9-7-6-8-15(16)12-17(18)20(26)23(21)3/h4-9,12-13H,1-2,10-11,14H2,3H3. The molecule has 27 heavy (non-hydrogen) atoms. The molecule has 0 spiro atoms. The van der Waals surface area contributed by atoms with Gasteiger partial charge in [0, 0.05) is 20.1 Å². The van der Waals surface area contributed by atoms with Crippen LogP contribution in [0.5, 0.6) is 0 Å². The quantitative estimate of drug-likeness (QED) is 0.273. The first kappa shape index (κ1) is 18.9. The van der Waals surface area contributed by atoms with Crippen LogP contribution in [0.4, 0.5) is 0 Å². The third-order valence-electron chi connectivity index (χ3n) is 4.28. The summed E-state index contributed by atoms with van der Waals surface area (Å²) < 4.78 is 1.50. The van der Waals surface area contributed by atoms with Gasteiger partial charge in [0.15, 0.2) is 5.16 Å². The molecule has 3 rings (SSSR count). The van der Waals surface area contributed by atoms with E-state index in [0.717, 1.165) is 10.8 Å². The van der Waals surface area contributed by atoms with E-state index in [1.807, 2.05) is 36.4 Å². The molecule has 3 aromatic rings. The maximum Gasteiger partial charge on any atom is 0.261 e. The molecule has 0 atom stereocenters. The van der Waals surface area contributed by atoms with Crippen LogP contribution in [0, 0.1) is 0 Å². The normalized spacial score (nSPS) is 10.9. The second kappa shape index (κ2) is 8.22. The van der Waals surface area contributed by atoms with Crippen LogP contribution in [0.15, 0.2) is 71.7 Å². The number of aromatic nitrogens is 2. The summed E-state index contributed by atoms with van der Waals surface area (Å²) in [6.07, 6.45) is 3.36. The smallest absolute Gasteiger partial charge is 0.261 e. The van der Waals surface area contributed by atoms with Crippen molar-refractivity contribution < 1.29 is 4.79 Å². The van der Waals surface area contributed by atoms with Crippen molar-refractivity contribution >= 4 is 39.3 Å². The minimum Gasteiger partial charge on any atom is -0.335 e. The number of fused-ring (bicyclic) bond motifs is 2. The minimum atomic E-state index is -0.116. The Morgan fingerprint density at radius 2 is 1.81 bits per heavy atom. The summed E-state index contributed by atoms with van der Waals surface area (Å²) in [5, 5.41) is 3.13. The molecule has 0 bridgehead atoms. The first-order valence-electron chi connectivity index (χ1n) is 8.57. The van der Waals surface area contributed by atoms with Gasteiger partial charge in [-0.1, -0.05) is 48.2 Å². The minimum absolute atomic E-state index is 0.0485. The Labute approximate surface area is 162 Å². The Hall–Kier alpha value is -2.86. The molecule has 1 amide bonds. The highest BCUT2D eigenvalue weighted by Crippen LogP contribution is 2.22. The highest BCUT2D eigenvalue weighted by atomic mass is 32.2. The van der Waals surface area contributed by atoms with Gasteiger partial charge in [0.05, 0.1) is 16.7 Å². The average Bonchev–Trinajstić information content (AvgIpc) is 2.68. The molecule has 0 aliphatic carbocycles. The van der Waals surface area contributed by atoms with E-state index in [2.05, 4.69) is 18.1 Å². The lowest BCUT2D eigenvalue weighted by Crippen LogP contribution is -2.33.